The van der Waals surface area contributed by atoms with Gasteiger partial charge in [0.1, 0.15) is 0 Å². The van der Waals surface area contributed by atoms with Gasteiger partial charge < -0.3 is 19.8 Å². The summed E-state index contributed by atoms with van der Waals surface area (Å²) in [7, 11) is 0. The van der Waals surface area contributed by atoms with Gasteiger partial charge in [-0.25, -0.2) is 0 Å². The van der Waals surface area contributed by atoms with Crippen molar-refractivity contribution in [3.63, 3.8) is 0 Å². The van der Waals surface area contributed by atoms with Crippen molar-refractivity contribution >= 4 is 35.8 Å². The third-order valence-electron chi connectivity index (χ3n) is 3.42. The van der Waals surface area contributed by atoms with E-state index in [0.717, 1.165) is 25.7 Å². The first-order valence-electron chi connectivity index (χ1n) is 7.44. The van der Waals surface area contributed by atoms with Crippen molar-refractivity contribution in [1.29, 1.82) is 0 Å². The Morgan fingerprint density at radius 1 is 0.762 bits per heavy atom. The van der Waals surface area contributed by atoms with Gasteiger partial charge in [-0.3, -0.25) is 0 Å². The minimum absolute atomic E-state index is 0. The number of unbranched alkanes of at least 4 members (excludes halogenated alkanes) is 2. The van der Waals surface area contributed by atoms with Crippen molar-refractivity contribution in [2.75, 3.05) is 0 Å². The molecular formula is C16H30O4Sn. The van der Waals surface area contributed by atoms with Crippen LogP contribution in [0.15, 0.2) is 0 Å². The first kappa shape index (κ1) is 25.7. The molecule has 0 saturated carbocycles. The Morgan fingerprint density at radius 3 is 1.14 bits per heavy atom. The monoisotopic (exact) mass is 406 g/mol. The Kier molecular flexibility index (Phi) is 15.0. The molecule has 0 N–H and O–H groups in total. The van der Waals surface area contributed by atoms with E-state index in [1.54, 1.807) is 27.7 Å². The number of carboxylic acids is 2. The Hall–Kier alpha value is -0.261. The van der Waals surface area contributed by atoms with E-state index >= 15 is 0 Å². The third-order valence-corrected chi connectivity index (χ3v) is 3.42. The minimum atomic E-state index is -0.944. The van der Waals surface area contributed by atoms with Crippen molar-refractivity contribution in [2.45, 2.75) is 80.1 Å². The molecule has 0 fully saturated rings. The first-order valence-corrected chi connectivity index (χ1v) is 7.44. The minimum Gasteiger partial charge on any atom is -0.550 e. The number of carbonyl (C=O) groups excluding carboxylic acids is 2. The molecule has 0 aromatic carbocycles. The van der Waals surface area contributed by atoms with Gasteiger partial charge in [0.25, 0.3) is 0 Å². The quantitative estimate of drug-likeness (QED) is 0.574. The topological polar surface area (TPSA) is 80.3 Å². The summed E-state index contributed by atoms with van der Waals surface area (Å²) in [6, 6.07) is 0. The van der Waals surface area contributed by atoms with Crippen LogP contribution in [0.5, 0.6) is 0 Å². The van der Waals surface area contributed by atoms with Crippen LogP contribution < -0.4 is 10.2 Å². The van der Waals surface area contributed by atoms with Gasteiger partial charge in [-0.05, 0) is 12.8 Å². The standard InChI is InChI=1S/2C8H16O2.Sn/c2*1-4-5-6-8(2,3)7(9)10;/h2*4-6H2,1-3H3,(H,9,10);/q;;+2/p-2. The second-order valence-electron chi connectivity index (χ2n) is 6.55. The molecule has 2 radical (unpaired) electrons. The molecule has 122 valence electrons. The summed E-state index contributed by atoms with van der Waals surface area (Å²) >= 11 is 0. The molecule has 0 spiro atoms. The molecule has 0 amide bonds. The van der Waals surface area contributed by atoms with E-state index in [9.17, 15) is 19.8 Å². The van der Waals surface area contributed by atoms with E-state index in [1.807, 2.05) is 13.8 Å². The van der Waals surface area contributed by atoms with E-state index in [0.29, 0.717) is 12.8 Å². The number of hydrogen-bond donors (Lipinski definition) is 0. The van der Waals surface area contributed by atoms with Crippen LogP contribution in [0, 0.1) is 10.8 Å². The number of aliphatic carboxylic acids is 2. The predicted octanol–water partition coefficient (Wildman–Crippen LogP) is 1.52. The molecule has 0 atom stereocenters. The van der Waals surface area contributed by atoms with Crippen molar-refractivity contribution < 1.29 is 19.8 Å². The van der Waals surface area contributed by atoms with Gasteiger partial charge in [0.05, 0.1) is 0 Å². The zero-order chi connectivity index (χ0) is 16.4. The van der Waals surface area contributed by atoms with Gasteiger partial charge in [-0.15, -0.1) is 0 Å². The van der Waals surface area contributed by atoms with Crippen molar-refractivity contribution in [1.82, 2.24) is 0 Å². The Labute approximate surface area is 146 Å². The number of carbonyl (C=O) groups is 2. The average Bonchev–Trinajstić information content (AvgIpc) is 2.34. The van der Waals surface area contributed by atoms with Gasteiger partial charge in [0.15, 0.2) is 0 Å². The maximum Gasteiger partial charge on any atom is 2.00 e. The zero-order valence-electron chi connectivity index (χ0n) is 14.4. The van der Waals surface area contributed by atoms with Crippen LogP contribution in [-0.2, 0) is 9.59 Å². The number of carboxylic acid groups (broad SMARTS) is 2. The van der Waals surface area contributed by atoms with E-state index < -0.39 is 22.8 Å². The van der Waals surface area contributed by atoms with Gasteiger partial charge in [-0.2, -0.15) is 0 Å². The largest absolute Gasteiger partial charge is 2.00 e. The Bertz CT molecular complexity index is 269. The van der Waals surface area contributed by atoms with Gasteiger partial charge in [0.2, 0.25) is 0 Å². The number of rotatable bonds is 8. The smallest absolute Gasteiger partial charge is 0.550 e. The fourth-order valence-electron chi connectivity index (χ4n) is 1.44. The van der Waals surface area contributed by atoms with E-state index in [4.69, 9.17) is 0 Å². The Balaban J connectivity index is -0.000000295. The molecular weight excluding hydrogens is 375 g/mol. The van der Waals surface area contributed by atoms with E-state index in [2.05, 4.69) is 0 Å². The molecule has 0 saturated heterocycles. The van der Waals surface area contributed by atoms with Gasteiger partial charge in [-0.1, -0.05) is 67.2 Å². The second kappa shape index (κ2) is 12.3. The summed E-state index contributed by atoms with van der Waals surface area (Å²) in [5.41, 5.74) is -1.29. The summed E-state index contributed by atoms with van der Waals surface area (Å²) in [4.78, 5) is 20.8. The summed E-state index contributed by atoms with van der Waals surface area (Å²) in [5.74, 6) is -1.89. The summed E-state index contributed by atoms with van der Waals surface area (Å²) in [6.07, 6.45) is 5.42. The molecule has 0 rings (SSSR count). The number of hydrogen-bond acceptors (Lipinski definition) is 4. The molecule has 0 heterocycles. The molecule has 0 aliphatic heterocycles. The van der Waals surface area contributed by atoms with E-state index in [-0.39, 0.29) is 23.9 Å². The fraction of sp³-hybridized carbons (Fsp3) is 0.875. The van der Waals surface area contributed by atoms with Crippen molar-refractivity contribution in [2.24, 2.45) is 10.8 Å². The molecule has 0 aliphatic carbocycles. The predicted molar refractivity (Wildman–Crippen MR) is 82.4 cm³/mol. The SMILES string of the molecule is CCCCC(C)(C)C(=O)[O-].CCCCC(C)(C)C(=O)[O-].[Sn+2]. The normalized spacial score (nSPS) is 11.0. The maximum absolute atomic E-state index is 10.4. The molecule has 5 heteroatoms. The summed E-state index contributed by atoms with van der Waals surface area (Å²) in [5, 5.41) is 20.8. The summed E-state index contributed by atoms with van der Waals surface area (Å²) < 4.78 is 0. The molecule has 4 nitrogen and oxygen atoms in total. The van der Waals surface area contributed by atoms with E-state index in [1.165, 1.54) is 0 Å². The van der Waals surface area contributed by atoms with Crippen LogP contribution in [0.25, 0.3) is 0 Å². The first-order chi connectivity index (χ1) is 9.01. The molecule has 0 aliphatic rings. The molecule has 0 aromatic rings. The fourth-order valence-corrected chi connectivity index (χ4v) is 1.44. The van der Waals surface area contributed by atoms with Crippen LogP contribution >= 0.6 is 0 Å². The van der Waals surface area contributed by atoms with Crippen LogP contribution in [0.2, 0.25) is 0 Å². The second-order valence-corrected chi connectivity index (χ2v) is 6.55. The summed E-state index contributed by atoms with van der Waals surface area (Å²) in [6.45, 7) is 10.9. The van der Waals surface area contributed by atoms with Crippen LogP contribution in [0.1, 0.15) is 80.1 Å². The maximum atomic E-state index is 10.4. The molecule has 0 aromatic heterocycles. The molecule has 0 unspecified atom stereocenters. The average molecular weight is 405 g/mol. The molecule has 0 bridgehead atoms. The third kappa shape index (κ3) is 13.1. The van der Waals surface area contributed by atoms with Gasteiger partial charge >= 0.3 is 23.9 Å². The van der Waals surface area contributed by atoms with Crippen LogP contribution in [0.4, 0.5) is 0 Å². The Morgan fingerprint density at radius 2 is 1.00 bits per heavy atom. The van der Waals surface area contributed by atoms with Crippen molar-refractivity contribution in [3.05, 3.63) is 0 Å². The van der Waals surface area contributed by atoms with Crippen LogP contribution in [0.3, 0.4) is 0 Å². The van der Waals surface area contributed by atoms with Crippen molar-refractivity contribution in [3.8, 4) is 0 Å². The molecule has 21 heavy (non-hydrogen) atoms. The van der Waals surface area contributed by atoms with Crippen LogP contribution in [-0.4, -0.2) is 35.8 Å². The zero-order valence-corrected chi connectivity index (χ0v) is 17.2. The van der Waals surface area contributed by atoms with Gasteiger partial charge in [0, 0.05) is 22.8 Å².